The lowest BCUT2D eigenvalue weighted by molar-refractivity contribution is -0.117. The molecular weight excluding hydrogens is 437 g/mol. The number of nitriles is 1. The predicted octanol–water partition coefficient (Wildman–Crippen LogP) is 4.57. The number of amides is 2. The van der Waals surface area contributed by atoms with Gasteiger partial charge in [0.25, 0.3) is 5.91 Å². The average Bonchev–Trinajstić information content (AvgIpc) is 3.16. The number of carbonyl (C=O) groups is 2. The predicted molar refractivity (Wildman–Crippen MR) is 126 cm³/mol. The van der Waals surface area contributed by atoms with Crippen molar-refractivity contribution in [3.8, 4) is 6.07 Å². The molecule has 1 aliphatic heterocycles. The van der Waals surface area contributed by atoms with Crippen molar-refractivity contribution in [3.63, 3.8) is 0 Å². The number of para-hydroxylation sites is 1. The van der Waals surface area contributed by atoms with Gasteiger partial charge in [-0.15, -0.1) is 0 Å². The minimum absolute atomic E-state index is 0.116. The van der Waals surface area contributed by atoms with Gasteiger partial charge in [-0.1, -0.05) is 72.4 Å². The Bertz CT molecular complexity index is 1220. The Morgan fingerprint density at radius 1 is 0.970 bits per heavy atom. The number of rotatable bonds is 6. The molecule has 0 saturated carbocycles. The molecule has 1 heterocycles. The Hall–Kier alpha value is -3.89. The standard InChI is InChI=1S/C26H20FN3O2S/c27-20-13-11-18(12-14-20)15-23-25(32)30(21-9-5-2-6-10-21)26(33-23)22(16-28)24(31)29-17-19-7-3-1-4-8-19/h1-14,23H,15,17H2,(H,29,31)/b26-22-/t23-/m0/s1. The van der Waals surface area contributed by atoms with Gasteiger partial charge in [-0.05, 0) is 41.8 Å². The molecule has 1 saturated heterocycles. The molecule has 1 aliphatic rings. The Kier molecular flexibility index (Phi) is 6.86. The first-order chi connectivity index (χ1) is 16.1. The first kappa shape index (κ1) is 22.3. The van der Waals surface area contributed by atoms with Crippen molar-refractivity contribution in [1.29, 1.82) is 5.26 Å². The minimum Gasteiger partial charge on any atom is -0.347 e. The number of thioether (sulfide) groups is 1. The van der Waals surface area contributed by atoms with E-state index in [0.29, 0.717) is 17.1 Å². The molecule has 0 aromatic heterocycles. The maximum atomic E-state index is 13.4. The van der Waals surface area contributed by atoms with Gasteiger partial charge in [0.1, 0.15) is 22.5 Å². The molecule has 164 valence electrons. The second kappa shape index (κ2) is 10.2. The summed E-state index contributed by atoms with van der Waals surface area (Å²) in [6, 6.07) is 26.3. The smallest absolute Gasteiger partial charge is 0.264 e. The van der Waals surface area contributed by atoms with Crippen LogP contribution in [0.5, 0.6) is 0 Å². The highest BCUT2D eigenvalue weighted by Crippen LogP contribution is 2.41. The summed E-state index contributed by atoms with van der Waals surface area (Å²) in [6.45, 7) is 0.265. The maximum absolute atomic E-state index is 13.4. The molecule has 3 aromatic carbocycles. The lowest BCUT2D eigenvalue weighted by atomic mass is 10.1. The van der Waals surface area contributed by atoms with Gasteiger partial charge >= 0.3 is 0 Å². The van der Waals surface area contributed by atoms with Crippen molar-refractivity contribution < 1.29 is 14.0 Å². The van der Waals surface area contributed by atoms with E-state index in [0.717, 1.165) is 11.1 Å². The van der Waals surface area contributed by atoms with Gasteiger partial charge in [0.15, 0.2) is 0 Å². The maximum Gasteiger partial charge on any atom is 0.264 e. The fourth-order valence-electron chi connectivity index (χ4n) is 3.50. The lowest BCUT2D eigenvalue weighted by Gasteiger charge is -2.18. The van der Waals surface area contributed by atoms with Crippen LogP contribution in [0.3, 0.4) is 0 Å². The molecule has 1 N–H and O–H groups in total. The van der Waals surface area contributed by atoms with Crippen molar-refractivity contribution in [2.24, 2.45) is 0 Å². The van der Waals surface area contributed by atoms with E-state index in [1.165, 1.54) is 28.8 Å². The Morgan fingerprint density at radius 2 is 1.61 bits per heavy atom. The Balaban J connectivity index is 1.65. The third-order valence-electron chi connectivity index (χ3n) is 5.15. The van der Waals surface area contributed by atoms with Crippen LogP contribution in [-0.2, 0) is 22.6 Å². The summed E-state index contributed by atoms with van der Waals surface area (Å²) in [5.74, 6) is -1.12. The number of anilines is 1. The van der Waals surface area contributed by atoms with Crippen LogP contribution < -0.4 is 10.2 Å². The molecule has 4 rings (SSSR count). The van der Waals surface area contributed by atoms with Crippen LogP contribution in [0.4, 0.5) is 10.1 Å². The third-order valence-corrected chi connectivity index (χ3v) is 6.41. The molecule has 7 heteroatoms. The minimum atomic E-state index is -0.545. The van der Waals surface area contributed by atoms with E-state index in [9.17, 15) is 19.2 Å². The molecule has 2 amide bonds. The zero-order chi connectivity index (χ0) is 23.2. The fraction of sp³-hybridized carbons (Fsp3) is 0.115. The summed E-state index contributed by atoms with van der Waals surface area (Å²) in [6.07, 6.45) is 0.348. The molecule has 1 fully saturated rings. The molecule has 3 aromatic rings. The number of hydrogen-bond donors (Lipinski definition) is 1. The quantitative estimate of drug-likeness (QED) is 0.435. The molecule has 1 atom stereocenters. The van der Waals surface area contributed by atoms with Crippen molar-refractivity contribution in [3.05, 3.63) is 112 Å². The number of halogens is 1. The summed E-state index contributed by atoms with van der Waals surface area (Å²) >= 11 is 1.18. The average molecular weight is 458 g/mol. The zero-order valence-corrected chi connectivity index (χ0v) is 18.4. The van der Waals surface area contributed by atoms with E-state index in [4.69, 9.17) is 0 Å². The van der Waals surface area contributed by atoms with Crippen LogP contribution in [0.1, 0.15) is 11.1 Å². The topological polar surface area (TPSA) is 73.2 Å². The Morgan fingerprint density at radius 3 is 2.24 bits per heavy atom. The van der Waals surface area contributed by atoms with Crippen LogP contribution in [-0.4, -0.2) is 17.1 Å². The van der Waals surface area contributed by atoms with Gasteiger partial charge in [0, 0.05) is 12.2 Å². The number of hydrogen-bond acceptors (Lipinski definition) is 4. The van der Waals surface area contributed by atoms with E-state index in [2.05, 4.69) is 5.32 Å². The normalized spacial score (nSPS) is 16.9. The van der Waals surface area contributed by atoms with Crippen molar-refractivity contribution in [2.45, 2.75) is 18.2 Å². The monoisotopic (exact) mass is 457 g/mol. The van der Waals surface area contributed by atoms with Gasteiger partial charge in [-0.2, -0.15) is 5.26 Å². The zero-order valence-electron chi connectivity index (χ0n) is 17.6. The van der Waals surface area contributed by atoms with Crippen LogP contribution in [0, 0.1) is 17.1 Å². The number of nitrogens with zero attached hydrogens (tertiary/aromatic N) is 2. The highest BCUT2D eigenvalue weighted by atomic mass is 32.2. The molecular formula is C26H20FN3O2S. The van der Waals surface area contributed by atoms with Crippen LogP contribution in [0.15, 0.2) is 95.5 Å². The van der Waals surface area contributed by atoms with Gasteiger partial charge < -0.3 is 5.32 Å². The summed E-state index contributed by atoms with van der Waals surface area (Å²) in [4.78, 5) is 27.7. The van der Waals surface area contributed by atoms with E-state index in [-0.39, 0.29) is 23.8 Å². The van der Waals surface area contributed by atoms with E-state index < -0.39 is 11.2 Å². The van der Waals surface area contributed by atoms with Crippen LogP contribution in [0.2, 0.25) is 0 Å². The second-order valence-corrected chi connectivity index (χ2v) is 8.60. The van der Waals surface area contributed by atoms with Gasteiger partial charge in [0.05, 0.1) is 5.25 Å². The first-order valence-corrected chi connectivity index (χ1v) is 11.2. The van der Waals surface area contributed by atoms with Crippen molar-refractivity contribution in [2.75, 3.05) is 4.90 Å². The Labute approximate surface area is 195 Å². The third kappa shape index (κ3) is 5.13. The lowest BCUT2D eigenvalue weighted by Crippen LogP contribution is -2.32. The number of carbonyl (C=O) groups excluding carboxylic acids is 2. The molecule has 5 nitrogen and oxygen atoms in total. The van der Waals surface area contributed by atoms with E-state index >= 15 is 0 Å². The van der Waals surface area contributed by atoms with Crippen molar-refractivity contribution >= 4 is 29.3 Å². The van der Waals surface area contributed by atoms with E-state index in [1.807, 2.05) is 42.5 Å². The van der Waals surface area contributed by atoms with Gasteiger partial charge in [-0.3, -0.25) is 14.5 Å². The summed E-state index contributed by atoms with van der Waals surface area (Å²) in [7, 11) is 0. The fourth-order valence-corrected chi connectivity index (χ4v) is 4.81. The first-order valence-electron chi connectivity index (χ1n) is 10.3. The second-order valence-electron chi connectivity index (χ2n) is 7.41. The highest BCUT2D eigenvalue weighted by molar-refractivity contribution is 8.05. The summed E-state index contributed by atoms with van der Waals surface area (Å²) in [5, 5.41) is 12.4. The molecule has 0 bridgehead atoms. The summed E-state index contributed by atoms with van der Waals surface area (Å²) < 4.78 is 13.3. The summed E-state index contributed by atoms with van der Waals surface area (Å²) in [5.41, 5.74) is 2.16. The van der Waals surface area contributed by atoms with Crippen LogP contribution >= 0.6 is 11.8 Å². The van der Waals surface area contributed by atoms with Crippen molar-refractivity contribution in [1.82, 2.24) is 5.32 Å². The SMILES string of the molecule is N#C/C(C(=O)NCc1ccccc1)=C1/S[C@@H](Cc2ccc(F)cc2)C(=O)N1c1ccccc1. The van der Waals surface area contributed by atoms with E-state index in [1.54, 1.807) is 36.4 Å². The van der Waals surface area contributed by atoms with Gasteiger partial charge in [-0.25, -0.2) is 4.39 Å². The molecule has 0 unspecified atom stereocenters. The molecule has 0 radical (unpaired) electrons. The van der Waals surface area contributed by atoms with Gasteiger partial charge in [0.2, 0.25) is 5.91 Å². The van der Waals surface area contributed by atoms with Crippen LogP contribution in [0.25, 0.3) is 0 Å². The molecule has 0 aliphatic carbocycles. The molecule has 33 heavy (non-hydrogen) atoms. The number of nitrogens with one attached hydrogen (secondary N) is 1. The number of benzene rings is 3. The highest BCUT2D eigenvalue weighted by Gasteiger charge is 2.40. The molecule has 0 spiro atoms. The largest absolute Gasteiger partial charge is 0.347 e.